The van der Waals surface area contributed by atoms with Gasteiger partial charge in [-0.25, -0.2) is 32.4 Å². The van der Waals surface area contributed by atoms with E-state index in [1.807, 2.05) is 0 Å². The highest BCUT2D eigenvalue weighted by molar-refractivity contribution is 5.97. The molecule has 45 heavy (non-hydrogen) atoms. The summed E-state index contributed by atoms with van der Waals surface area (Å²) in [6.45, 7) is 9.16. The molecule has 1 unspecified atom stereocenters. The predicted molar refractivity (Wildman–Crippen MR) is 159 cm³/mol. The number of rotatable bonds is 11. The first-order valence-electron chi connectivity index (χ1n) is 13.8. The molecule has 13 heteroatoms. The zero-order chi connectivity index (χ0) is 33.5. The van der Waals surface area contributed by atoms with Crippen molar-refractivity contribution >= 4 is 18.0 Å². The Kier molecular flexibility index (Phi) is 11.2. The predicted octanol–water partition coefficient (Wildman–Crippen LogP) is 5.40. The summed E-state index contributed by atoms with van der Waals surface area (Å²) < 4.78 is 59.2. The van der Waals surface area contributed by atoms with Gasteiger partial charge in [0.25, 0.3) is 5.91 Å². The molecule has 240 valence electrons. The lowest BCUT2D eigenvalue weighted by Gasteiger charge is -2.34. The lowest BCUT2D eigenvalue weighted by molar-refractivity contribution is 0.0503. The van der Waals surface area contributed by atoms with Gasteiger partial charge >= 0.3 is 12.1 Å². The number of halogens is 3. The molecule has 1 N–H and O–H groups in total. The normalized spacial score (nSPS) is 11.7. The molecule has 10 nitrogen and oxygen atoms in total. The van der Waals surface area contributed by atoms with Crippen molar-refractivity contribution in [3.05, 3.63) is 111 Å². The van der Waals surface area contributed by atoms with Gasteiger partial charge in [-0.05, 0) is 39.7 Å². The Labute approximate surface area is 258 Å². The van der Waals surface area contributed by atoms with Crippen LogP contribution < -0.4 is 20.5 Å². The quantitative estimate of drug-likeness (QED) is 0.223. The molecule has 3 aromatic rings. The van der Waals surface area contributed by atoms with Crippen LogP contribution in [0.15, 0.2) is 66.1 Å². The molecule has 1 heterocycles. The van der Waals surface area contributed by atoms with E-state index in [1.165, 1.54) is 6.08 Å². The van der Waals surface area contributed by atoms with Crippen molar-refractivity contribution in [3.63, 3.8) is 0 Å². The number of pyridine rings is 1. The molecule has 0 saturated carbocycles. The Morgan fingerprint density at radius 3 is 2.27 bits per heavy atom. The van der Waals surface area contributed by atoms with Gasteiger partial charge in [-0.2, -0.15) is 0 Å². The van der Waals surface area contributed by atoms with Crippen LogP contribution in [0.4, 0.5) is 18.0 Å². The highest BCUT2D eigenvalue weighted by Crippen LogP contribution is 2.23. The van der Waals surface area contributed by atoms with Crippen LogP contribution in [0.3, 0.4) is 0 Å². The van der Waals surface area contributed by atoms with E-state index in [0.717, 1.165) is 23.0 Å². The Morgan fingerprint density at radius 2 is 1.71 bits per heavy atom. The zero-order valence-electron chi connectivity index (χ0n) is 25.5. The van der Waals surface area contributed by atoms with Crippen molar-refractivity contribution in [3.8, 4) is 5.75 Å². The van der Waals surface area contributed by atoms with Crippen molar-refractivity contribution in [1.82, 2.24) is 9.99 Å². The third-order valence-electron chi connectivity index (χ3n) is 6.27. The van der Waals surface area contributed by atoms with Crippen LogP contribution in [0, 0.1) is 17.5 Å². The van der Waals surface area contributed by atoms with Crippen LogP contribution in [0.2, 0.25) is 0 Å². The maximum Gasteiger partial charge on any atom is 0.429 e. The molecule has 2 aromatic carbocycles. The summed E-state index contributed by atoms with van der Waals surface area (Å²) in [6, 6.07) is 8.71. The Balaban J connectivity index is 2.25. The number of hydrogen-bond acceptors (Lipinski definition) is 7. The molecule has 0 aliphatic rings. The molecule has 0 bridgehead atoms. The van der Waals surface area contributed by atoms with E-state index in [2.05, 4.69) is 11.9 Å². The van der Waals surface area contributed by atoms with E-state index in [-0.39, 0.29) is 13.0 Å². The van der Waals surface area contributed by atoms with Crippen LogP contribution in [0.5, 0.6) is 5.75 Å². The summed E-state index contributed by atoms with van der Waals surface area (Å²) in [5.74, 6) is -6.54. The molecule has 2 amide bonds. The number of esters is 1. The summed E-state index contributed by atoms with van der Waals surface area (Å²) >= 11 is 0. The minimum absolute atomic E-state index is 0.177. The molecule has 0 radical (unpaired) electrons. The SMILES string of the molecule is C=CCC(C)N(C(=O)OC(C)(C)C)n1cc(C(=O)NCc2c(F)cc(F)cc2F)c(=O)c(OCc2ccccc2)c1C(=O)OC. The summed E-state index contributed by atoms with van der Waals surface area (Å²) in [4.78, 5) is 54.0. The third-order valence-corrected chi connectivity index (χ3v) is 6.27. The number of carbonyl (C=O) groups excluding carboxylic acids is 3. The van der Waals surface area contributed by atoms with Gasteiger partial charge in [0.15, 0.2) is 5.69 Å². The fourth-order valence-corrected chi connectivity index (χ4v) is 4.19. The van der Waals surface area contributed by atoms with Crippen LogP contribution in [-0.4, -0.2) is 41.4 Å². The fourth-order valence-electron chi connectivity index (χ4n) is 4.19. The van der Waals surface area contributed by atoms with Gasteiger partial charge in [-0.1, -0.05) is 36.4 Å². The Morgan fingerprint density at radius 1 is 1.09 bits per heavy atom. The standard InChI is InChI=1S/C32H34F3N3O7/c1-7-11-19(2)38(31(42)45-32(3,4)5)37-17-23(29(40)36-16-22-24(34)14-21(33)15-25(22)35)27(39)28(26(37)30(41)43-6)44-18-20-12-9-8-10-13-20/h7-10,12-15,17,19H,1,11,16,18H2,2-6H3,(H,36,40). The van der Waals surface area contributed by atoms with Gasteiger partial charge in [0.05, 0.1) is 13.2 Å². The second-order valence-electron chi connectivity index (χ2n) is 10.9. The van der Waals surface area contributed by atoms with Crippen molar-refractivity contribution in [2.75, 3.05) is 12.1 Å². The van der Waals surface area contributed by atoms with E-state index in [0.29, 0.717) is 17.7 Å². The van der Waals surface area contributed by atoms with Gasteiger partial charge in [0, 0.05) is 30.4 Å². The van der Waals surface area contributed by atoms with Crippen molar-refractivity contribution in [2.24, 2.45) is 0 Å². The van der Waals surface area contributed by atoms with Crippen molar-refractivity contribution in [1.29, 1.82) is 0 Å². The summed E-state index contributed by atoms with van der Waals surface area (Å²) in [7, 11) is 1.05. The number of methoxy groups -OCH3 is 1. The number of carbonyl (C=O) groups is 3. The maximum atomic E-state index is 14.3. The second-order valence-corrected chi connectivity index (χ2v) is 10.9. The van der Waals surface area contributed by atoms with Gasteiger partial charge in [-0.15, -0.1) is 6.58 Å². The number of hydrogen-bond donors (Lipinski definition) is 1. The summed E-state index contributed by atoms with van der Waals surface area (Å²) in [5.41, 5.74) is -3.34. The fraction of sp³-hybridized carbons (Fsp3) is 0.312. The van der Waals surface area contributed by atoms with E-state index in [9.17, 15) is 32.3 Å². The van der Waals surface area contributed by atoms with Gasteiger partial charge in [0.1, 0.15) is 35.2 Å². The minimum Gasteiger partial charge on any atom is -0.482 e. The van der Waals surface area contributed by atoms with Gasteiger partial charge in [0.2, 0.25) is 11.2 Å². The first kappa shape index (κ1) is 34.4. The smallest absolute Gasteiger partial charge is 0.429 e. The lowest BCUT2D eigenvalue weighted by atomic mass is 10.1. The van der Waals surface area contributed by atoms with Crippen LogP contribution in [0.1, 0.15) is 66.1 Å². The number of benzene rings is 2. The van der Waals surface area contributed by atoms with E-state index in [1.54, 1.807) is 58.0 Å². The molecule has 0 aliphatic carbocycles. The molecule has 1 aromatic heterocycles. The number of amides is 2. The second kappa shape index (κ2) is 14.6. The minimum atomic E-state index is -1.26. The van der Waals surface area contributed by atoms with Crippen molar-refractivity contribution in [2.45, 2.75) is 58.9 Å². The third kappa shape index (κ3) is 8.52. The van der Waals surface area contributed by atoms with E-state index < -0.39 is 81.6 Å². The monoisotopic (exact) mass is 629 g/mol. The average Bonchev–Trinajstić information content (AvgIpc) is 2.95. The average molecular weight is 630 g/mol. The molecule has 3 rings (SSSR count). The molecule has 1 atom stereocenters. The molecular weight excluding hydrogens is 595 g/mol. The van der Waals surface area contributed by atoms with Gasteiger partial charge < -0.3 is 19.5 Å². The van der Waals surface area contributed by atoms with E-state index in [4.69, 9.17) is 14.2 Å². The number of aromatic nitrogens is 1. The highest BCUT2D eigenvalue weighted by atomic mass is 19.1. The maximum absolute atomic E-state index is 14.3. The number of nitrogens with one attached hydrogen (secondary N) is 1. The van der Waals surface area contributed by atoms with Crippen LogP contribution >= 0.6 is 0 Å². The molecule has 0 fully saturated rings. The topological polar surface area (TPSA) is 116 Å². The van der Waals surface area contributed by atoms with Crippen molar-refractivity contribution < 1.29 is 41.8 Å². The first-order chi connectivity index (χ1) is 21.2. The zero-order valence-corrected chi connectivity index (χ0v) is 25.5. The Bertz CT molecular complexity index is 1610. The summed E-state index contributed by atoms with van der Waals surface area (Å²) in [5, 5.41) is 3.22. The highest BCUT2D eigenvalue weighted by Gasteiger charge is 2.34. The molecule has 0 spiro atoms. The number of ether oxygens (including phenoxy) is 3. The molecule has 0 saturated heterocycles. The molecular formula is C32H34F3N3O7. The number of nitrogens with zero attached hydrogens (tertiary/aromatic N) is 2. The van der Waals surface area contributed by atoms with Gasteiger partial charge in [-0.3, -0.25) is 9.59 Å². The largest absolute Gasteiger partial charge is 0.482 e. The molecule has 0 aliphatic heterocycles. The summed E-state index contributed by atoms with van der Waals surface area (Å²) in [6.07, 6.45) is 1.63. The van der Waals surface area contributed by atoms with Crippen LogP contribution in [-0.2, 0) is 22.6 Å². The Hall–Kier alpha value is -5.07. The first-order valence-corrected chi connectivity index (χ1v) is 13.8. The van der Waals surface area contributed by atoms with E-state index >= 15 is 0 Å². The van der Waals surface area contributed by atoms with Crippen LogP contribution in [0.25, 0.3) is 0 Å². The lowest BCUT2D eigenvalue weighted by Crippen LogP contribution is -2.51.